The van der Waals surface area contributed by atoms with Gasteiger partial charge >= 0.3 is 6.09 Å². The fourth-order valence-corrected chi connectivity index (χ4v) is 1.73. The van der Waals surface area contributed by atoms with Crippen molar-refractivity contribution in [1.82, 2.24) is 14.7 Å². The van der Waals surface area contributed by atoms with E-state index in [1.54, 1.807) is 25.0 Å². The van der Waals surface area contributed by atoms with E-state index in [0.29, 0.717) is 19.0 Å². The zero-order valence-corrected chi connectivity index (χ0v) is 13.5. The molecule has 0 saturated heterocycles. The molecule has 1 aromatic heterocycles. The molecule has 0 aliphatic rings. The third kappa shape index (κ3) is 5.81. The summed E-state index contributed by atoms with van der Waals surface area (Å²) in [4.78, 5) is 13.2. The minimum atomic E-state index is -0.489. The van der Waals surface area contributed by atoms with Gasteiger partial charge in [0.1, 0.15) is 12.2 Å². The Morgan fingerprint density at radius 2 is 2.10 bits per heavy atom. The molecule has 1 aromatic rings. The van der Waals surface area contributed by atoms with Gasteiger partial charge in [-0.05, 0) is 36.7 Å². The Balaban J connectivity index is 0.00000361. The van der Waals surface area contributed by atoms with Crippen molar-refractivity contribution in [2.75, 3.05) is 20.2 Å². The largest absolute Gasteiger partial charge is 0.475 e. The number of amides is 1. The van der Waals surface area contributed by atoms with Crippen molar-refractivity contribution < 1.29 is 14.3 Å². The van der Waals surface area contributed by atoms with Crippen molar-refractivity contribution in [2.45, 2.75) is 33.8 Å². The Labute approximate surface area is 129 Å². The molecular weight excluding hydrogens is 326 g/mol. The second-order valence-electron chi connectivity index (χ2n) is 5.17. The number of halogens is 1. The van der Waals surface area contributed by atoms with Gasteiger partial charge in [0.2, 0.25) is 5.88 Å². The molecule has 0 aromatic carbocycles. The van der Waals surface area contributed by atoms with Gasteiger partial charge in [-0.25, -0.2) is 9.48 Å². The summed E-state index contributed by atoms with van der Waals surface area (Å²) in [5.41, 5.74) is -0.489. The second kappa shape index (κ2) is 7.52. The van der Waals surface area contributed by atoms with Crippen LogP contribution in [0.25, 0.3) is 0 Å². The van der Waals surface area contributed by atoms with E-state index >= 15 is 0 Å². The molecule has 1 heterocycles. The van der Waals surface area contributed by atoms with Crippen LogP contribution in [-0.2, 0) is 11.8 Å². The lowest BCUT2D eigenvalue weighted by Crippen LogP contribution is -2.36. The van der Waals surface area contributed by atoms with Crippen LogP contribution in [0.4, 0.5) is 4.79 Å². The first-order valence-electron chi connectivity index (χ1n) is 5.95. The number of rotatable bonds is 4. The number of hydrogen-bond donors (Lipinski definition) is 0. The Morgan fingerprint density at radius 3 is 2.55 bits per heavy atom. The lowest BCUT2D eigenvalue weighted by molar-refractivity contribution is 0.0276. The average Bonchev–Trinajstić information content (AvgIpc) is 2.57. The summed E-state index contributed by atoms with van der Waals surface area (Å²) in [6.45, 7) is 6.31. The maximum absolute atomic E-state index is 11.7. The van der Waals surface area contributed by atoms with E-state index in [2.05, 4.69) is 21.0 Å². The molecule has 0 radical (unpaired) electrons. The first-order chi connectivity index (χ1) is 8.70. The third-order valence-corrected chi connectivity index (χ3v) is 2.76. The van der Waals surface area contributed by atoms with Gasteiger partial charge in [0.05, 0.1) is 17.2 Å². The number of likely N-dealkylation sites (N-methyl/N-ethyl adjacent to an activating group) is 1. The highest BCUT2D eigenvalue weighted by Crippen LogP contribution is 2.22. The Morgan fingerprint density at radius 1 is 1.50 bits per heavy atom. The lowest BCUT2D eigenvalue weighted by atomic mass is 10.2. The molecule has 0 saturated carbocycles. The van der Waals surface area contributed by atoms with Crippen LogP contribution in [0.3, 0.4) is 0 Å². The normalized spacial score (nSPS) is 10.7. The highest BCUT2D eigenvalue weighted by molar-refractivity contribution is 9.10. The van der Waals surface area contributed by atoms with Gasteiger partial charge in [0, 0.05) is 14.1 Å². The molecule has 0 aliphatic carbocycles. The predicted octanol–water partition coefficient (Wildman–Crippen LogP) is 3.06. The van der Waals surface area contributed by atoms with Crippen molar-refractivity contribution in [3.05, 3.63) is 10.7 Å². The smallest absolute Gasteiger partial charge is 0.410 e. The zero-order chi connectivity index (χ0) is 14.6. The Bertz CT molecular complexity index is 421. The molecule has 0 fully saturated rings. The zero-order valence-electron chi connectivity index (χ0n) is 11.9. The van der Waals surface area contributed by atoms with Crippen molar-refractivity contribution in [3.63, 3.8) is 0 Å². The van der Waals surface area contributed by atoms with Crippen molar-refractivity contribution in [2.24, 2.45) is 7.05 Å². The minimum absolute atomic E-state index is 0. The van der Waals surface area contributed by atoms with Gasteiger partial charge in [0.25, 0.3) is 0 Å². The van der Waals surface area contributed by atoms with E-state index in [4.69, 9.17) is 9.47 Å². The molecular formula is C13H24BrN3O3. The van der Waals surface area contributed by atoms with Gasteiger partial charge < -0.3 is 14.4 Å². The summed E-state index contributed by atoms with van der Waals surface area (Å²) in [7, 11) is 3.47. The summed E-state index contributed by atoms with van der Waals surface area (Å²) in [5.74, 6) is 0.637. The number of nitrogens with zero attached hydrogens (tertiary/aromatic N) is 3. The third-order valence-electron chi connectivity index (χ3n) is 2.21. The first kappa shape index (κ1) is 18.8. The monoisotopic (exact) mass is 349 g/mol. The standard InChI is InChI=1S/C12H20BrN3O3.CH4/c1-12(2,3)19-11(17)15(4)6-7-18-10-9(13)8-14-16(10)5;/h8H,6-7H2,1-5H3;1H4. The Kier molecular flexibility index (Phi) is 7.05. The van der Waals surface area contributed by atoms with E-state index in [1.165, 1.54) is 4.90 Å². The maximum atomic E-state index is 11.7. The summed E-state index contributed by atoms with van der Waals surface area (Å²) in [5, 5.41) is 4.04. The van der Waals surface area contributed by atoms with Crippen LogP contribution in [0.2, 0.25) is 0 Å². The molecule has 1 rings (SSSR count). The SMILES string of the molecule is C.CN(CCOc1c(Br)cnn1C)C(=O)OC(C)(C)C. The highest BCUT2D eigenvalue weighted by Gasteiger charge is 2.19. The van der Waals surface area contributed by atoms with Crippen LogP contribution >= 0.6 is 15.9 Å². The van der Waals surface area contributed by atoms with E-state index < -0.39 is 5.60 Å². The van der Waals surface area contributed by atoms with Crippen LogP contribution in [0.1, 0.15) is 28.2 Å². The fourth-order valence-electron chi connectivity index (χ4n) is 1.27. The molecule has 0 spiro atoms. The molecule has 0 unspecified atom stereocenters. The summed E-state index contributed by atoms with van der Waals surface area (Å²) in [6.07, 6.45) is 1.30. The van der Waals surface area contributed by atoms with E-state index in [0.717, 1.165) is 4.47 Å². The predicted molar refractivity (Wildman–Crippen MR) is 82.0 cm³/mol. The van der Waals surface area contributed by atoms with Gasteiger partial charge in [-0.2, -0.15) is 5.10 Å². The topological polar surface area (TPSA) is 56.6 Å². The molecule has 1 amide bonds. The molecule has 0 N–H and O–H groups in total. The summed E-state index contributed by atoms with van der Waals surface area (Å²) < 4.78 is 13.2. The molecule has 0 bridgehead atoms. The summed E-state index contributed by atoms with van der Waals surface area (Å²) in [6, 6.07) is 0. The van der Waals surface area contributed by atoms with Crippen molar-refractivity contribution >= 4 is 22.0 Å². The van der Waals surface area contributed by atoms with E-state index in [-0.39, 0.29) is 13.5 Å². The number of aryl methyl sites for hydroxylation is 1. The molecule has 116 valence electrons. The molecule has 20 heavy (non-hydrogen) atoms. The maximum Gasteiger partial charge on any atom is 0.410 e. The molecule has 0 aliphatic heterocycles. The average molecular weight is 350 g/mol. The van der Waals surface area contributed by atoms with Crippen LogP contribution in [0.5, 0.6) is 5.88 Å². The van der Waals surface area contributed by atoms with Gasteiger partial charge in [-0.1, -0.05) is 7.43 Å². The van der Waals surface area contributed by atoms with Gasteiger partial charge in [-0.3, -0.25) is 0 Å². The molecule has 6 nitrogen and oxygen atoms in total. The van der Waals surface area contributed by atoms with Gasteiger partial charge in [0.15, 0.2) is 0 Å². The van der Waals surface area contributed by atoms with Crippen molar-refractivity contribution in [3.8, 4) is 5.88 Å². The van der Waals surface area contributed by atoms with E-state index in [9.17, 15) is 4.79 Å². The number of hydrogen-bond acceptors (Lipinski definition) is 4. The van der Waals surface area contributed by atoms with Gasteiger partial charge in [-0.15, -0.1) is 0 Å². The minimum Gasteiger partial charge on any atom is -0.475 e. The number of carbonyl (C=O) groups excluding carboxylic acids is 1. The highest BCUT2D eigenvalue weighted by atomic mass is 79.9. The first-order valence-corrected chi connectivity index (χ1v) is 6.74. The quantitative estimate of drug-likeness (QED) is 0.838. The Hall–Kier alpha value is -1.24. The van der Waals surface area contributed by atoms with Crippen LogP contribution in [0.15, 0.2) is 10.7 Å². The second-order valence-corrected chi connectivity index (χ2v) is 6.03. The molecule has 0 atom stereocenters. The van der Waals surface area contributed by atoms with Crippen LogP contribution < -0.4 is 4.74 Å². The van der Waals surface area contributed by atoms with Crippen molar-refractivity contribution in [1.29, 1.82) is 0 Å². The fraction of sp³-hybridized carbons (Fsp3) is 0.692. The van der Waals surface area contributed by atoms with Crippen LogP contribution in [-0.4, -0.2) is 46.6 Å². The van der Waals surface area contributed by atoms with E-state index in [1.807, 2.05) is 20.8 Å². The number of ether oxygens (including phenoxy) is 2. The number of carbonyl (C=O) groups is 1. The molecule has 7 heteroatoms. The van der Waals surface area contributed by atoms with Crippen LogP contribution in [0, 0.1) is 0 Å². The lowest BCUT2D eigenvalue weighted by Gasteiger charge is -2.24. The number of aromatic nitrogens is 2. The summed E-state index contributed by atoms with van der Waals surface area (Å²) >= 11 is 3.34.